The average molecular weight is 297 g/mol. The zero-order valence-corrected chi connectivity index (χ0v) is 13.1. The summed E-state index contributed by atoms with van der Waals surface area (Å²) in [5.74, 6) is 1.49. The Hall–Kier alpha value is -1.30. The van der Waals surface area contributed by atoms with Crippen LogP contribution in [-0.4, -0.2) is 44.7 Å². The first-order chi connectivity index (χ1) is 10.3. The second-order valence-electron chi connectivity index (χ2n) is 4.58. The summed E-state index contributed by atoms with van der Waals surface area (Å²) in [4.78, 5) is 0. The lowest BCUT2D eigenvalue weighted by atomic mass is 10.2. The van der Waals surface area contributed by atoms with Crippen LogP contribution in [0.5, 0.6) is 11.5 Å². The predicted octanol–water partition coefficient (Wildman–Crippen LogP) is 1.97. The van der Waals surface area contributed by atoms with Crippen LogP contribution in [0.3, 0.4) is 0 Å². The van der Waals surface area contributed by atoms with Gasteiger partial charge in [0.1, 0.15) is 6.61 Å². The van der Waals surface area contributed by atoms with Crippen molar-refractivity contribution in [3.05, 3.63) is 23.8 Å². The summed E-state index contributed by atoms with van der Waals surface area (Å²) in [5.41, 5.74) is 1.18. The Morgan fingerprint density at radius 2 is 1.90 bits per heavy atom. The monoisotopic (exact) mass is 297 g/mol. The van der Waals surface area contributed by atoms with Crippen molar-refractivity contribution in [1.82, 2.24) is 5.32 Å². The molecule has 0 unspecified atom stereocenters. The maximum atomic E-state index is 8.62. The van der Waals surface area contributed by atoms with Gasteiger partial charge in [-0.05, 0) is 37.6 Å². The lowest BCUT2D eigenvalue weighted by molar-refractivity contribution is 0.0697. The molecule has 1 rings (SSSR count). The molecular weight excluding hydrogens is 270 g/mol. The van der Waals surface area contributed by atoms with Crippen LogP contribution in [0.4, 0.5) is 0 Å². The molecule has 0 saturated carbocycles. The minimum absolute atomic E-state index is 0.0314. The normalized spacial score (nSPS) is 10.6. The molecule has 1 aromatic carbocycles. The van der Waals surface area contributed by atoms with Gasteiger partial charge in [-0.15, -0.1) is 0 Å². The van der Waals surface area contributed by atoms with E-state index in [0.717, 1.165) is 31.0 Å². The molecule has 21 heavy (non-hydrogen) atoms. The van der Waals surface area contributed by atoms with E-state index in [1.54, 1.807) is 0 Å². The van der Waals surface area contributed by atoms with Crippen molar-refractivity contribution in [1.29, 1.82) is 0 Å². The summed E-state index contributed by atoms with van der Waals surface area (Å²) < 4.78 is 16.5. The molecule has 120 valence electrons. The molecule has 0 heterocycles. The quantitative estimate of drug-likeness (QED) is 0.578. The van der Waals surface area contributed by atoms with E-state index >= 15 is 0 Å². The Balaban J connectivity index is 2.52. The Bertz CT molecular complexity index is 385. The van der Waals surface area contributed by atoms with Crippen molar-refractivity contribution < 1.29 is 19.3 Å². The topological polar surface area (TPSA) is 60.0 Å². The summed E-state index contributed by atoms with van der Waals surface area (Å²) in [6, 6.07) is 5.98. The number of ether oxygens (including phenoxy) is 3. The molecule has 2 N–H and O–H groups in total. The Labute approximate surface area is 127 Å². The van der Waals surface area contributed by atoms with Gasteiger partial charge in [-0.1, -0.05) is 13.0 Å². The molecule has 0 aliphatic rings. The van der Waals surface area contributed by atoms with E-state index in [9.17, 15) is 0 Å². The SMILES string of the molecule is CCCNCc1ccc(OCCOCCO)c(OCC)c1. The minimum Gasteiger partial charge on any atom is -0.490 e. The average Bonchev–Trinajstić information content (AvgIpc) is 2.49. The van der Waals surface area contributed by atoms with E-state index in [1.807, 2.05) is 25.1 Å². The van der Waals surface area contributed by atoms with Crippen LogP contribution in [-0.2, 0) is 11.3 Å². The Morgan fingerprint density at radius 1 is 1.05 bits per heavy atom. The van der Waals surface area contributed by atoms with E-state index < -0.39 is 0 Å². The number of rotatable bonds is 12. The first kappa shape index (κ1) is 17.8. The number of aliphatic hydroxyl groups is 1. The fourth-order valence-electron chi connectivity index (χ4n) is 1.84. The number of aliphatic hydroxyl groups excluding tert-OH is 1. The third kappa shape index (κ3) is 7.32. The molecule has 0 aliphatic heterocycles. The molecule has 0 saturated heterocycles. The molecule has 5 nitrogen and oxygen atoms in total. The highest BCUT2D eigenvalue weighted by Gasteiger charge is 2.06. The fraction of sp³-hybridized carbons (Fsp3) is 0.625. The maximum Gasteiger partial charge on any atom is 0.161 e. The lowest BCUT2D eigenvalue weighted by Gasteiger charge is -2.14. The molecule has 1 aromatic rings. The van der Waals surface area contributed by atoms with Gasteiger partial charge in [0.05, 0.1) is 26.4 Å². The maximum absolute atomic E-state index is 8.62. The predicted molar refractivity (Wildman–Crippen MR) is 83.0 cm³/mol. The van der Waals surface area contributed by atoms with Crippen molar-refractivity contribution in [2.45, 2.75) is 26.8 Å². The second kappa shape index (κ2) is 11.4. The highest BCUT2D eigenvalue weighted by molar-refractivity contribution is 5.43. The van der Waals surface area contributed by atoms with Gasteiger partial charge in [0.15, 0.2) is 11.5 Å². The third-order valence-electron chi connectivity index (χ3n) is 2.78. The van der Waals surface area contributed by atoms with Gasteiger partial charge in [0, 0.05) is 6.54 Å². The highest BCUT2D eigenvalue weighted by atomic mass is 16.5. The number of benzene rings is 1. The fourth-order valence-corrected chi connectivity index (χ4v) is 1.84. The molecular formula is C16H27NO4. The van der Waals surface area contributed by atoms with Gasteiger partial charge >= 0.3 is 0 Å². The molecule has 0 amide bonds. The summed E-state index contributed by atoms with van der Waals surface area (Å²) >= 11 is 0. The lowest BCUT2D eigenvalue weighted by Crippen LogP contribution is -2.14. The van der Waals surface area contributed by atoms with E-state index in [4.69, 9.17) is 19.3 Å². The summed E-state index contributed by atoms with van der Waals surface area (Å²) in [7, 11) is 0. The number of hydrogen-bond donors (Lipinski definition) is 2. The second-order valence-corrected chi connectivity index (χ2v) is 4.58. The van der Waals surface area contributed by atoms with Crippen molar-refractivity contribution in [2.24, 2.45) is 0 Å². The molecule has 0 fully saturated rings. The zero-order chi connectivity index (χ0) is 15.3. The van der Waals surface area contributed by atoms with Crippen LogP contribution >= 0.6 is 0 Å². The summed E-state index contributed by atoms with van der Waals surface area (Å²) in [5, 5.41) is 12.0. The Kier molecular flexibility index (Phi) is 9.61. The molecule has 0 radical (unpaired) electrons. The first-order valence-electron chi connectivity index (χ1n) is 7.59. The molecule has 0 aromatic heterocycles. The number of nitrogens with one attached hydrogen (secondary N) is 1. The first-order valence-corrected chi connectivity index (χ1v) is 7.59. The van der Waals surface area contributed by atoms with Gasteiger partial charge in [-0.3, -0.25) is 0 Å². The molecule has 0 aliphatic carbocycles. The van der Waals surface area contributed by atoms with Crippen molar-refractivity contribution in [3.8, 4) is 11.5 Å². The van der Waals surface area contributed by atoms with Crippen LogP contribution in [0.15, 0.2) is 18.2 Å². The number of hydrogen-bond acceptors (Lipinski definition) is 5. The zero-order valence-electron chi connectivity index (χ0n) is 13.1. The minimum atomic E-state index is 0.0314. The molecule has 0 spiro atoms. The van der Waals surface area contributed by atoms with Gasteiger partial charge in [0.25, 0.3) is 0 Å². The van der Waals surface area contributed by atoms with Gasteiger partial charge < -0.3 is 24.6 Å². The Morgan fingerprint density at radius 3 is 2.62 bits per heavy atom. The van der Waals surface area contributed by atoms with E-state index in [2.05, 4.69) is 12.2 Å². The standard InChI is InChI=1S/C16H27NO4/c1-3-7-17-13-14-5-6-15(16(12-14)20-4-2)21-11-10-19-9-8-18/h5-6,12,17-18H,3-4,7-11,13H2,1-2H3. The van der Waals surface area contributed by atoms with Crippen LogP contribution in [0.25, 0.3) is 0 Å². The van der Waals surface area contributed by atoms with Crippen molar-refractivity contribution in [2.75, 3.05) is 39.6 Å². The van der Waals surface area contributed by atoms with E-state index in [-0.39, 0.29) is 6.61 Å². The van der Waals surface area contributed by atoms with Crippen LogP contribution < -0.4 is 14.8 Å². The molecule has 0 bridgehead atoms. The van der Waals surface area contributed by atoms with E-state index in [0.29, 0.717) is 26.4 Å². The highest BCUT2D eigenvalue weighted by Crippen LogP contribution is 2.28. The summed E-state index contributed by atoms with van der Waals surface area (Å²) in [6.07, 6.45) is 1.12. The largest absolute Gasteiger partial charge is 0.490 e. The molecule has 0 atom stereocenters. The smallest absolute Gasteiger partial charge is 0.161 e. The van der Waals surface area contributed by atoms with Crippen LogP contribution in [0, 0.1) is 0 Å². The van der Waals surface area contributed by atoms with Gasteiger partial charge in [-0.25, -0.2) is 0 Å². The van der Waals surface area contributed by atoms with Gasteiger partial charge in [0.2, 0.25) is 0 Å². The van der Waals surface area contributed by atoms with E-state index in [1.165, 1.54) is 5.56 Å². The third-order valence-corrected chi connectivity index (χ3v) is 2.78. The van der Waals surface area contributed by atoms with Crippen LogP contribution in [0.1, 0.15) is 25.8 Å². The van der Waals surface area contributed by atoms with Gasteiger partial charge in [-0.2, -0.15) is 0 Å². The molecule has 5 heteroatoms. The van der Waals surface area contributed by atoms with Crippen molar-refractivity contribution in [3.63, 3.8) is 0 Å². The van der Waals surface area contributed by atoms with Crippen molar-refractivity contribution >= 4 is 0 Å². The van der Waals surface area contributed by atoms with Crippen LogP contribution in [0.2, 0.25) is 0 Å². The summed E-state index contributed by atoms with van der Waals surface area (Å²) in [6.45, 7) is 7.79.